The van der Waals surface area contributed by atoms with E-state index in [1.807, 2.05) is 60.7 Å². The van der Waals surface area contributed by atoms with Gasteiger partial charge in [-0.05, 0) is 60.1 Å². The van der Waals surface area contributed by atoms with E-state index < -0.39 is 12.0 Å². The van der Waals surface area contributed by atoms with Crippen molar-refractivity contribution in [2.45, 2.75) is 19.6 Å². The Morgan fingerprint density at radius 2 is 1.74 bits per heavy atom. The molecule has 0 radical (unpaired) electrons. The van der Waals surface area contributed by atoms with Crippen molar-refractivity contribution in [3.63, 3.8) is 0 Å². The molecule has 0 spiro atoms. The van der Waals surface area contributed by atoms with Crippen molar-refractivity contribution in [1.29, 1.82) is 0 Å². The van der Waals surface area contributed by atoms with Gasteiger partial charge >= 0.3 is 5.97 Å². The van der Waals surface area contributed by atoms with Crippen molar-refractivity contribution in [3.05, 3.63) is 105 Å². The minimum atomic E-state index is -0.480. The number of halogens is 2. The van der Waals surface area contributed by atoms with E-state index in [4.69, 9.17) is 44.9 Å². The monoisotopic (exact) mass is 512 g/mol. The van der Waals surface area contributed by atoms with Gasteiger partial charge in [0.15, 0.2) is 5.11 Å². The summed E-state index contributed by atoms with van der Waals surface area (Å²) in [5.74, 6) is 0.269. The first kappa shape index (κ1) is 24.1. The SMILES string of the molecule is CCOC(=O)C1=C(c2ccccc2)NC(=S)N[C@H]1c1ccc(OCc2ccc(Cl)c(Cl)c2)cc1. The van der Waals surface area contributed by atoms with Crippen LogP contribution in [0.4, 0.5) is 0 Å². The molecule has 3 aromatic carbocycles. The highest BCUT2D eigenvalue weighted by molar-refractivity contribution is 7.80. The zero-order chi connectivity index (χ0) is 24.1. The van der Waals surface area contributed by atoms with Crippen LogP contribution in [0.3, 0.4) is 0 Å². The van der Waals surface area contributed by atoms with Crippen LogP contribution in [0, 0.1) is 0 Å². The third kappa shape index (κ3) is 5.53. The molecule has 3 aromatic rings. The van der Waals surface area contributed by atoms with Crippen LogP contribution in [0.1, 0.15) is 29.7 Å². The van der Waals surface area contributed by atoms with Crippen LogP contribution in [-0.4, -0.2) is 17.7 Å². The minimum absolute atomic E-state index is 0.267. The second-order valence-electron chi connectivity index (χ2n) is 7.51. The maximum absolute atomic E-state index is 13.0. The molecule has 0 fully saturated rings. The van der Waals surface area contributed by atoms with Crippen LogP contribution in [0.5, 0.6) is 5.75 Å². The molecule has 0 saturated carbocycles. The summed E-state index contributed by atoms with van der Waals surface area (Å²) in [5.41, 5.74) is 3.70. The molecule has 5 nitrogen and oxygen atoms in total. The Labute approximate surface area is 213 Å². The summed E-state index contributed by atoms with van der Waals surface area (Å²) in [6, 6.07) is 22.0. The Bertz CT molecular complexity index is 1230. The van der Waals surface area contributed by atoms with Crippen LogP contribution in [-0.2, 0) is 16.1 Å². The van der Waals surface area contributed by atoms with Crippen molar-refractivity contribution < 1.29 is 14.3 Å². The Balaban J connectivity index is 1.61. The van der Waals surface area contributed by atoms with Crippen molar-refractivity contribution in [2.75, 3.05) is 6.61 Å². The average molecular weight is 513 g/mol. The van der Waals surface area contributed by atoms with Crippen LogP contribution in [0.2, 0.25) is 10.0 Å². The van der Waals surface area contributed by atoms with E-state index in [2.05, 4.69) is 10.6 Å². The number of hydrogen-bond donors (Lipinski definition) is 2. The van der Waals surface area contributed by atoms with Gasteiger partial charge in [0, 0.05) is 0 Å². The number of thiocarbonyl (C=S) groups is 1. The lowest BCUT2D eigenvalue weighted by atomic mass is 9.93. The number of ether oxygens (including phenoxy) is 2. The molecule has 1 aliphatic rings. The van der Waals surface area contributed by atoms with Gasteiger partial charge in [0.25, 0.3) is 0 Å². The molecule has 2 N–H and O–H groups in total. The Kier molecular flexibility index (Phi) is 7.73. The number of hydrogen-bond acceptors (Lipinski definition) is 4. The zero-order valence-corrected chi connectivity index (χ0v) is 20.6. The predicted octanol–water partition coefficient (Wildman–Crippen LogP) is 6.07. The second kappa shape index (κ2) is 10.9. The fourth-order valence-electron chi connectivity index (χ4n) is 3.63. The quantitative estimate of drug-likeness (QED) is 0.296. The van der Waals surface area contributed by atoms with Crippen LogP contribution in [0.25, 0.3) is 5.70 Å². The molecule has 0 aromatic heterocycles. The summed E-state index contributed by atoms with van der Waals surface area (Å²) in [7, 11) is 0. The smallest absolute Gasteiger partial charge is 0.338 e. The van der Waals surface area contributed by atoms with Gasteiger partial charge in [0.2, 0.25) is 0 Å². The minimum Gasteiger partial charge on any atom is -0.489 e. The third-order valence-corrected chi connectivity index (χ3v) is 6.19. The van der Waals surface area contributed by atoms with Gasteiger partial charge in [0.05, 0.1) is 34.0 Å². The molecule has 8 heteroatoms. The van der Waals surface area contributed by atoms with Gasteiger partial charge in [0.1, 0.15) is 12.4 Å². The first-order valence-electron chi connectivity index (χ1n) is 10.7. The van der Waals surface area contributed by atoms with Gasteiger partial charge in [-0.15, -0.1) is 0 Å². The fourth-order valence-corrected chi connectivity index (χ4v) is 4.17. The van der Waals surface area contributed by atoms with Crippen LogP contribution in [0.15, 0.2) is 78.4 Å². The molecule has 0 unspecified atom stereocenters. The summed E-state index contributed by atoms with van der Waals surface area (Å²) < 4.78 is 11.3. The molecular formula is C26H22Cl2N2O3S. The van der Waals surface area contributed by atoms with Crippen LogP contribution >= 0.6 is 35.4 Å². The van der Waals surface area contributed by atoms with Crippen molar-refractivity contribution in [1.82, 2.24) is 10.6 Å². The summed E-state index contributed by atoms with van der Waals surface area (Å²) in [6.45, 7) is 2.39. The highest BCUT2D eigenvalue weighted by Crippen LogP contribution is 2.33. The van der Waals surface area contributed by atoms with Gasteiger partial charge in [-0.3, -0.25) is 0 Å². The van der Waals surface area contributed by atoms with E-state index in [9.17, 15) is 4.79 Å². The summed E-state index contributed by atoms with van der Waals surface area (Å²) in [5, 5.41) is 7.75. The Morgan fingerprint density at radius 1 is 1.00 bits per heavy atom. The van der Waals surface area contributed by atoms with Crippen molar-refractivity contribution in [2.24, 2.45) is 0 Å². The molecule has 34 heavy (non-hydrogen) atoms. The van der Waals surface area contributed by atoms with Gasteiger partial charge in [-0.1, -0.05) is 71.7 Å². The van der Waals surface area contributed by atoms with Gasteiger partial charge in [-0.2, -0.15) is 0 Å². The molecule has 1 heterocycles. The number of rotatable bonds is 7. The number of carbonyl (C=O) groups is 1. The summed E-state index contributed by atoms with van der Waals surface area (Å²) in [6.07, 6.45) is 0. The third-order valence-electron chi connectivity index (χ3n) is 5.23. The first-order chi connectivity index (χ1) is 16.5. The van der Waals surface area contributed by atoms with Crippen molar-refractivity contribution >= 4 is 52.2 Å². The molecule has 0 saturated heterocycles. The lowest BCUT2D eigenvalue weighted by Gasteiger charge is -2.31. The first-order valence-corrected chi connectivity index (χ1v) is 11.8. The maximum atomic E-state index is 13.0. The number of benzene rings is 3. The summed E-state index contributed by atoms with van der Waals surface area (Å²) in [4.78, 5) is 13.0. The van der Waals surface area contributed by atoms with Gasteiger partial charge in [-0.25, -0.2) is 4.79 Å². The molecular weight excluding hydrogens is 491 g/mol. The van der Waals surface area contributed by atoms with Gasteiger partial charge < -0.3 is 20.1 Å². The van der Waals surface area contributed by atoms with E-state index in [1.165, 1.54) is 0 Å². The standard InChI is InChI=1S/C26H22Cl2N2O3S/c1-2-32-25(31)22-23(17-6-4-3-5-7-17)29-26(34)30-24(22)18-9-11-19(12-10-18)33-15-16-8-13-20(27)21(28)14-16/h3-14,24H,2,15H2,1H3,(H2,29,30,34)/t24-/m0/s1. The Morgan fingerprint density at radius 3 is 2.41 bits per heavy atom. The summed E-state index contributed by atoms with van der Waals surface area (Å²) >= 11 is 17.5. The molecule has 0 amide bonds. The number of nitrogens with one attached hydrogen (secondary N) is 2. The molecule has 1 atom stereocenters. The largest absolute Gasteiger partial charge is 0.489 e. The van der Waals surface area contributed by atoms with E-state index in [0.717, 1.165) is 16.7 Å². The topological polar surface area (TPSA) is 59.6 Å². The lowest BCUT2D eigenvalue weighted by molar-refractivity contribution is -0.138. The molecule has 1 aliphatic heterocycles. The predicted molar refractivity (Wildman–Crippen MR) is 139 cm³/mol. The van der Waals surface area contributed by atoms with E-state index in [1.54, 1.807) is 19.1 Å². The second-order valence-corrected chi connectivity index (χ2v) is 8.74. The highest BCUT2D eigenvalue weighted by atomic mass is 35.5. The van der Waals surface area contributed by atoms with Crippen molar-refractivity contribution in [3.8, 4) is 5.75 Å². The molecule has 0 aliphatic carbocycles. The fraction of sp³-hybridized carbons (Fsp3) is 0.154. The molecule has 174 valence electrons. The average Bonchev–Trinajstić information content (AvgIpc) is 2.85. The maximum Gasteiger partial charge on any atom is 0.338 e. The lowest BCUT2D eigenvalue weighted by Crippen LogP contribution is -2.45. The van der Waals surface area contributed by atoms with E-state index in [-0.39, 0.29) is 6.61 Å². The Hall–Kier alpha value is -3.06. The zero-order valence-electron chi connectivity index (χ0n) is 18.3. The highest BCUT2D eigenvalue weighted by Gasteiger charge is 2.33. The number of esters is 1. The normalized spacial score (nSPS) is 15.4. The van der Waals surface area contributed by atoms with E-state index >= 15 is 0 Å². The van der Waals surface area contributed by atoms with E-state index in [0.29, 0.717) is 38.8 Å². The number of carbonyl (C=O) groups excluding carboxylic acids is 1. The van der Waals surface area contributed by atoms with Crippen LogP contribution < -0.4 is 15.4 Å². The molecule has 4 rings (SSSR count). The molecule has 0 bridgehead atoms.